The summed E-state index contributed by atoms with van der Waals surface area (Å²) in [5.74, 6) is -2.40. The van der Waals surface area contributed by atoms with E-state index in [1.807, 2.05) is 0 Å². The maximum absolute atomic E-state index is 12.0. The summed E-state index contributed by atoms with van der Waals surface area (Å²) in [6.45, 7) is 4.93. The first-order valence-corrected chi connectivity index (χ1v) is 11.3. The minimum Gasteiger partial charge on any atom is -0.487 e. The van der Waals surface area contributed by atoms with Gasteiger partial charge in [0.2, 0.25) is 0 Å². The number of unbranched alkanes of at least 4 members (excludes halogenated alkanes) is 5. The number of cyclic esters (lactones) is 1. The minimum atomic E-state index is -5.07. The van der Waals surface area contributed by atoms with Crippen LogP contribution in [0.25, 0.3) is 0 Å². The van der Waals surface area contributed by atoms with Crippen molar-refractivity contribution in [2.24, 2.45) is 0 Å². The molecule has 0 aliphatic carbocycles. The monoisotopic (exact) mass is 440 g/mol. The Bertz CT molecular complexity index is 592. The van der Waals surface area contributed by atoms with Crippen LogP contribution in [0, 0.1) is 0 Å². The zero-order valence-electron chi connectivity index (χ0n) is 17.2. The third kappa shape index (κ3) is 10.4. The zero-order valence-corrected chi connectivity index (χ0v) is 18.1. The van der Waals surface area contributed by atoms with Crippen molar-refractivity contribution in [1.29, 1.82) is 0 Å². The smallest absolute Gasteiger partial charge is 0.487 e. The predicted octanol–water partition coefficient (Wildman–Crippen LogP) is 1.76. The van der Waals surface area contributed by atoms with Crippen molar-refractivity contribution in [3.63, 3.8) is 0 Å². The van der Waals surface area contributed by atoms with Crippen LogP contribution in [0.5, 0.6) is 0 Å². The SMILES string of the molecule is CCCCCCCCOC[C@H](O)[C@H]1OC(=O)C(OP(=O)(O)O)=C1OCC(C)(C)O. The molecule has 1 aliphatic rings. The van der Waals surface area contributed by atoms with Crippen LogP contribution in [0.15, 0.2) is 11.5 Å². The van der Waals surface area contributed by atoms with Crippen molar-refractivity contribution in [1.82, 2.24) is 0 Å². The molecule has 4 N–H and O–H groups in total. The lowest BCUT2D eigenvalue weighted by Gasteiger charge is -2.23. The molecule has 0 unspecified atom stereocenters. The van der Waals surface area contributed by atoms with E-state index in [1.165, 1.54) is 33.1 Å². The van der Waals surface area contributed by atoms with E-state index in [-0.39, 0.29) is 13.2 Å². The highest BCUT2D eigenvalue weighted by atomic mass is 31.2. The molecule has 0 fully saturated rings. The molecule has 0 aromatic rings. The maximum Gasteiger partial charge on any atom is 0.525 e. The van der Waals surface area contributed by atoms with Crippen LogP contribution < -0.4 is 0 Å². The molecule has 0 saturated heterocycles. The quantitative estimate of drug-likeness (QED) is 0.168. The summed E-state index contributed by atoms with van der Waals surface area (Å²) in [4.78, 5) is 30.0. The second-order valence-electron chi connectivity index (χ2n) is 7.61. The van der Waals surface area contributed by atoms with E-state index in [1.54, 1.807) is 0 Å². The summed E-state index contributed by atoms with van der Waals surface area (Å²) in [7, 11) is -5.07. The van der Waals surface area contributed by atoms with E-state index in [0.717, 1.165) is 19.3 Å². The molecule has 29 heavy (non-hydrogen) atoms. The summed E-state index contributed by atoms with van der Waals surface area (Å²) in [5.41, 5.74) is -1.31. The van der Waals surface area contributed by atoms with Crippen molar-refractivity contribution in [2.75, 3.05) is 19.8 Å². The average molecular weight is 440 g/mol. The van der Waals surface area contributed by atoms with Crippen LogP contribution >= 0.6 is 7.82 Å². The fourth-order valence-electron chi connectivity index (χ4n) is 2.58. The van der Waals surface area contributed by atoms with E-state index >= 15 is 0 Å². The number of phosphoric ester groups is 1. The Hall–Kier alpha value is -1.16. The van der Waals surface area contributed by atoms with E-state index in [9.17, 15) is 19.6 Å². The standard InChI is InChI=1S/C18H33O10P/c1-4-5-6-7-8-9-10-25-11-13(19)14-15(26-12-18(2,3)21)16(17(20)27-14)28-29(22,23)24/h13-14,19,21H,4-12H2,1-3H3,(H2,22,23,24)/t13-,14+/m0/s1. The molecule has 170 valence electrons. The second-order valence-corrected chi connectivity index (χ2v) is 8.78. The van der Waals surface area contributed by atoms with Gasteiger partial charge in [0.25, 0.3) is 5.76 Å². The van der Waals surface area contributed by atoms with Gasteiger partial charge in [-0.2, -0.15) is 0 Å². The van der Waals surface area contributed by atoms with Gasteiger partial charge in [-0.05, 0) is 20.3 Å². The first-order chi connectivity index (χ1) is 13.4. The maximum atomic E-state index is 12.0. The molecule has 1 aliphatic heterocycles. The molecule has 1 rings (SSSR count). The van der Waals surface area contributed by atoms with Gasteiger partial charge in [-0.15, -0.1) is 0 Å². The molecule has 1 heterocycles. The van der Waals surface area contributed by atoms with Gasteiger partial charge in [0.05, 0.1) is 12.2 Å². The summed E-state index contributed by atoms with van der Waals surface area (Å²) in [6.07, 6.45) is 3.78. The number of aliphatic hydroxyl groups excluding tert-OH is 1. The van der Waals surface area contributed by atoms with E-state index < -0.39 is 43.1 Å². The predicted molar refractivity (Wildman–Crippen MR) is 102 cm³/mol. The van der Waals surface area contributed by atoms with Gasteiger partial charge >= 0.3 is 13.8 Å². The number of phosphoric acid groups is 1. The van der Waals surface area contributed by atoms with Crippen molar-refractivity contribution < 1.29 is 48.1 Å². The number of carbonyl (C=O) groups is 1. The molecule has 0 bridgehead atoms. The fraction of sp³-hybridized carbons (Fsp3) is 0.833. The minimum absolute atomic E-state index is 0.175. The lowest BCUT2D eigenvalue weighted by Crippen LogP contribution is -2.35. The lowest BCUT2D eigenvalue weighted by atomic mass is 10.1. The highest BCUT2D eigenvalue weighted by molar-refractivity contribution is 7.46. The summed E-state index contributed by atoms with van der Waals surface area (Å²) in [6, 6.07) is 0. The van der Waals surface area contributed by atoms with Gasteiger partial charge in [-0.1, -0.05) is 39.0 Å². The lowest BCUT2D eigenvalue weighted by molar-refractivity contribution is -0.149. The van der Waals surface area contributed by atoms with Crippen molar-refractivity contribution in [3.8, 4) is 0 Å². The zero-order chi connectivity index (χ0) is 22.1. The van der Waals surface area contributed by atoms with Crippen LogP contribution in [0.2, 0.25) is 0 Å². The topological polar surface area (TPSA) is 152 Å². The largest absolute Gasteiger partial charge is 0.525 e. The number of hydrogen-bond acceptors (Lipinski definition) is 8. The van der Waals surface area contributed by atoms with Crippen LogP contribution in [0.1, 0.15) is 59.3 Å². The molecule has 11 heteroatoms. The van der Waals surface area contributed by atoms with Crippen LogP contribution in [-0.4, -0.2) is 63.6 Å². The second kappa shape index (κ2) is 11.9. The first-order valence-electron chi connectivity index (χ1n) is 9.76. The Kier molecular flexibility index (Phi) is 10.6. The Morgan fingerprint density at radius 2 is 1.79 bits per heavy atom. The van der Waals surface area contributed by atoms with Gasteiger partial charge in [0.15, 0.2) is 11.9 Å². The molecule has 0 aromatic heterocycles. The Labute approximate surface area is 171 Å². The molecule has 10 nitrogen and oxygen atoms in total. The van der Waals surface area contributed by atoms with Gasteiger partial charge in [-0.25, -0.2) is 9.36 Å². The fourth-order valence-corrected chi connectivity index (χ4v) is 2.99. The summed E-state index contributed by atoms with van der Waals surface area (Å²) in [5, 5.41) is 20.1. The molecule has 0 aromatic carbocycles. The van der Waals surface area contributed by atoms with Crippen LogP contribution in [0.3, 0.4) is 0 Å². The summed E-state index contributed by atoms with van der Waals surface area (Å²) < 4.78 is 31.2. The van der Waals surface area contributed by atoms with Gasteiger partial charge in [0, 0.05) is 6.61 Å². The number of ether oxygens (including phenoxy) is 3. The first kappa shape index (κ1) is 25.9. The highest BCUT2D eigenvalue weighted by Crippen LogP contribution is 2.43. The van der Waals surface area contributed by atoms with E-state index in [2.05, 4.69) is 11.4 Å². The molecular formula is C18H33O10P. The molecule has 0 radical (unpaired) electrons. The number of hydrogen-bond donors (Lipinski definition) is 4. The van der Waals surface area contributed by atoms with E-state index in [0.29, 0.717) is 6.61 Å². The third-order valence-electron chi connectivity index (χ3n) is 3.97. The number of esters is 1. The third-order valence-corrected chi connectivity index (χ3v) is 4.39. The van der Waals surface area contributed by atoms with Crippen molar-refractivity contribution in [3.05, 3.63) is 11.5 Å². The van der Waals surface area contributed by atoms with Crippen molar-refractivity contribution >= 4 is 13.8 Å². The van der Waals surface area contributed by atoms with Crippen LogP contribution in [-0.2, 0) is 28.1 Å². The van der Waals surface area contributed by atoms with Crippen molar-refractivity contribution in [2.45, 2.75) is 77.1 Å². The number of rotatable bonds is 15. The molecule has 0 amide bonds. The Morgan fingerprint density at radius 3 is 2.38 bits per heavy atom. The highest BCUT2D eigenvalue weighted by Gasteiger charge is 2.44. The van der Waals surface area contributed by atoms with Gasteiger partial charge in [0.1, 0.15) is 12.7 Å². The van der Waals surface area contributed by atoms with Crippen LogP contribution in [0.4, 0.5) is 0 Å². The van der Waals surface area contributed by atoms with E-state index in [4.69, 9.17) is 24.0 Å². The molecule has 2 atom stereocenters. The number of carbonyl (C=O) groups excluding carboxylic acids is 1. The molecule has 0 spiro atoms. The van der Waals surface area contributed by atoms with Gasteiger partial charge < -0.3 is 28.9 Å². The average Bonchev–Trinajstić information content (AvgIpc) is 2.89. The normalized spacial score (nSPS) is 18.7. The Balaban J connectivity index is 2.66. The summed E-state index contributed by atoms with van der Waals surface area (Å²) >= 11 is 0. The molecular weight excluding hydrogens is 407 g/mol. The van der Waals surface area contributed by atoms with Gasteiger partial charge in [-0.3, -0.25) is 9.79 Å². The Morgan fingerprint density at radius 1 is 1.17 bits per heavy atom. The number of aliphatic hydroxyl groups is 2. The molecule has 0 saturated carbocycles.